The Bertz CT molecular complexity index is 1450. The average molecular weight is 675 g/mol. The second-order valence-electron chi connectivity index (χ2n) is 18.5. The van der Waals surface area contributed by atoms with Crippen LogP contribution in [-0.2, 0) is 33.2 Å². The molecule has 4 heterocycles. The Morgan fingerprint density at radius 3 is 2.38 bits per heavy atom. The number of allylic oxidation sites excluding steroid dienone is 2. The molecule has 9 aliphatic rings. The van der Waals surface area contributed by atoms with Gasteiger partial charge in [-0.2, -0.15) is 0 Å². The third-order valence-corrected chi connectivity index (χ3v) is 16.1. The highest BCUT2D eigenvalue weighted by molar-refractivity contribution is 5.66. The van der Waals surface area contributed by atoms with E-state index >= 15 is 0 Å². The molecule has 6 unspecified atom stereocenters. The molecular formula is C37H54O11. The second-order valence-corrected chi connectivity index (χ2v) is 18.5. The zero-order valence-corrected chi connectivity index (χ0v) is 29.3. The standard InChI is InChI=1S/C37H54O11/c1-17-12-37(29-34(7,47-29)30(42)48-37)46-20-13-32(5)22-9-8-21-31(3,4)23(45-28-27(41)26(40)19(39)15-43-28)10-11-35(21)16-36(22,35)14-24(44-18(2)38)33(32,6)25(17)20/h9,17,19-21,23-30,39-42H,8,10-16H2,1-7H3/t17-,19+,20+,21+,23+,24-,25+,26+,27?,28+,29?,30?,32+,33-,34?,35-,36?,37?/m1/s1. The number of carbonyl (C=O) groups is 1. The van der Waals surface area contributed by atoms with Gasteiger partial charge in [0, 0.05) is 29.6 Å². The summed E-state index contributed by atoms with van der Waals surface area (Å²) in [6.07, 6.45) is 1.68. The minimum absolute atomic E-state index is 0.0364. The maximum atomic E-state index is 12.9. The molecule has 0 radical (unpaired) electrons. The Morgan fingerprint density at radius 1 is 0.958 bits per heavy atom. The number of hydrogen-bond acceptors (Lipinski definition) is 11. The zero-order valence-electron chi connectivity index (χ0n) is 29.3. The molecule has 8 fully saturated rings. The molecule has 0 aromatic rings. The smallest absolute Gasteiger partial charge is 0.302 e. The number of aliphatic hydroxyl groups is 4. The first kappa shape index (κ1) is 32.7. The predicted octanol–water partition coefficient (Wildman–Crippen LogP) is 2.95. The van der Waals surface area contributed by atoms with Gasteiger partial charge in [0.05, 0.1) is 18.8 Å². The first-order valence-electron chi connectivity index (χ1n) is 18.3. The molecule has 4 saturated heterocycles. The van der Waals surface area contributed by atoms with Crippen molar-refractivity contribution in [2.75, 3.05) is 6.61 Å². The number of fused-ring (bicyclic) bond motifs is 6. The summed E-state index contributed by atoms with van der Waals surface area (Å²) in [5, 5.41) is 41.7. The van der Waals surface area contributed by atoms with E-state index in [1.165, 1.54) is 12.5 Å². The fourth-order valence-corrected chi connectivity index (χ4v) is 13.8. The van der Waals surface area contributed by atoms with Crippen molar-refractivity contribution in [2.24, 2.45) is 44.8 Å². The van der Waals surface area contributed by atoms with Crippen molar-refractivity contribution in [2.45, 2.75) is 160 Å². The highest BCUT2D eigenvalue weighted by Crippen LogP contribution is 2.88. The van der Waals surface area contributed by atoms with Crippen LogP contribution in [0.2, 0.25) is 0 Å². The first-order chi connectivity index (χ1) is 22.4. The van der Waals surface area contributed by atoms with E-state index in [9.17, 15) is 25.2 Å². The maximum absolute atomic E-state index is 12.9. The molecule has 5 aliphatic carbocycles. The van der Waals surface area contributed by atoms with Gasteiger partial charge >= 0.3 is 5.97 Å². The molecule has 0 bridgehead atoms. The SMILES string of the molecule is CC(=O)O[C@@H]1CC23C[C@@]24CC[C@H](O[C@@H]2OC[C@H](O)[C@H](O)C2O)C(C)(C)[C@@H]4CC=C3[C@]2(C)C[C@@H]3OC4(C[C@@H](C)[C@@H]3[C@@]12C)OC(O)C1(C)OC41. The second kappa shape index (κ2) is 9.63. The fourth-order valence-electron chi connectivity index (χ4n) is 13.8. The third-order valence-electron chi connectivity index (χ3n) is 16.1. The van der Waals surface area contributed by atoms with Gasteiger partial charge in [0.15, 0.2) is 12.6 Å². The predicted molar refractivity (Wildman–Crippen MR) is 168 cm³/mol. The van der Waals surface area contributed by atoms with Crippen molar-refractivity contribution in [3.8, 4) is 0 Å². The molecule has 4 saturated carbocycles. The van der Waals surface area contributed by atoms with Crippen LogP contribution < -0.4 is 0 Å². The van der Waals surface area contributed by atoms with Crippen LogP contribution in [0.4, 0.5) is 0 Å². The van der Waals surface area contributed by atoms with E-state index in [-0.39, 0.29) is 75.9 Å². The number of rotatable bonds is 3. The largest absolute Gasteiger partial charge is 0.462 e. The number of carbonyl (C=O) groups excluding carboxylic acids is 1. The minimum Gasteiger partial charge on any atom is -0.462 e. The van der Waals surface area contributed by atoms with Crippen molar-refractivity contribution in [3.63, 3.8) is 0 Å². The molecule has 0 aromatic heterocycles. The van der Waals surface area contributed by atoms with Gasteiger partial charge < -0.3 is 48.8 Å². The maximum Gasteiger partial charge on any atom is 0.302 e. The van der Waals surface area contributed by atoms with Crippen LogP contribution in [0.5, 0.6) is 0 Å². The lowest BCUT2D eigenvalue weighted by atomic mass is 9.44. The van der Waals surface area contributed by atoms with E-state index in [1.54, 1.807) is 0 Å². The lowest BCUT2D eigenvalue weighted by molar-refractivity contribution is -0.345. The number of ether oxygens (including phenoxy) is 6. The lowest BCUT2D eigenvalue weighted by Gasteiger charge is -2.62. The van der Waals surface area contributed by atoms with Gasteiger partial charge in [-0.15, -0.1) is 0 Å². The van der Waals surface area contributed by atoms with Crippen LogP contribution in [0.25, 0.3) is 0 Å². The van der Waals surface area contributed by atoms with E-state index in [4.69, 9.17) is 28.4 Å². The van der Waals surface area contributed by atoms with Crippen molar-refractivity contribution < 1.29 is 53.6 Å². The Hall–Kier alpha value is -1.15. The van der Waals surface area contributed by atoms with Gasteiger partial charge in [-0.1, -0.05) is 46.3 Å². The van der Waals surface area contributed by atoms with Crippen molar-refractivity contribution >= 4 is 5.97 Å². The van der Waals surface area contributed by atoms with Crippen LogP contribution in [0.1, 0.15) is 93.4 Å². The molecule has 0 aromatic carbocycles. The topological polar surface area (TPSA) is 157 Å². The summed E-state index contributed by atoms with van der Waals surface area (Å²) in [5.74, 6) is -0.600. The molecule has 48 heavy (non-hydrogen) atoms. The van der Waals surface area contributed by atoms with Gasteiger partial charge in [0.1, 0.15) is 36.1 Å². The van der Waals surface area contributed by atoms with Crippen LogP contribution in [0, 0.1) is 44.8 Å². The lowest BCUT2D eigenvalue weighted by Crippen LogP contribution is -2.61. The fraction of sp³-hybridized carbons (Fsp3) is 0.919. The quantitative estimate of drug-likeness (QED) is 0.198. The molecular weight excluding hydrogens is 620 g/mol. The third kappa shape index (κ3) is 3.69. The van der Waals surface area contributed by atoms with Gasteiger partial charge in [-0.25, -0.2) is 0 Å². The Kier molecular flexibility index (Phi) is 6.57. The summed E-state index contributed by atoms with van der Waals surface area (Å²) in [5.41, 5.74) is -0.191. The van der Waals surface area contributed by atoms with Crippen LogP contribution in [-0.4, -0.2) is 99.7 Å². The monoisotopic (exact) mass is 674 g/mol. The summed E-state index contributed by atoms with van der Waals surface area (Å²) >= 11 is 0. The van der Waals surface area contributed by atoms with E-state index in [2.05, 4.69) is 40.7 Å². The van der Waals surface area contributed by atoms with Crippen molar-refractivity contribution in [1.29, 1.82) is 0 Å². The molecule has 9 rings (SSSR count). The number of hydrogen-bond donors (Lipinski definition) is 4. The molecule has 268 valence electrons. The van der Waals surface area contributed by atoms with Crippen molar-refractivity contribution in [3.05, 3.63) is 11.6 Å². The van der Waals surface area contributed by atoms with E-state index < -0.39 is 42.3 Å². The molecule has 3 spiro atoms. The summed E-state index contributed by atoms with van der Waals surface area (Å²) < 4.78 is 37.8. The normalized spacial score (nSPS) is 61.6. The van der Waals surface area contributed by atoms with Gasteiger partial charge in [-0.3, -0.25) is 4.79 Å². The molecule has 0 amide bonds. The van der Waals surface area contributed by atoms with Crippen molar-refractivity contribution in [1.82, 2.24) is 0 Å². The van der Waals surface area contributed by atoms with Crippen LogP contribution >= 0.6 is 0 Å². The van der Waals surface area contributed by atoms with Gasteiger partial charge in [0.2, 0.25) is 5.79 Å². The Morgan fingerprint density at radius 2 is 1.71 bits per heavy atom. The first-order valence-corrected chi connectivity index (χ1v) is 18.3. The highest BCUT2D eigenvalue weighted by atomic mass is 16.8. The number of epoxide rings is 1. The number of aliphatic hydroxyl groups excluding tert-OH is 4. The van der Waals surface area contributed by atoms with Crippen LogP contribution in [0.15, 0.2) is 11.6 Å². The number of esters is 1. The summed E-state index contributed by atoms with van der Waals surface area (Å²) in [4.78, 5) is 12.9. The molecule has 4 N–H and O–H groups in total. The van der Waals surface area contributed by atoms with E-state index in [0.717, 1.165) is 38.5 Å². The minimum atomic E-state index is -1.32. The molecule has 4 aliphatic heterocycles. The van der Waals surface area contributed by atoms with Gasteiger partial charge in [-0.05, 0) is 74.0 Å². The Labute approximate surface area is 282 Å². The average Bonchev–Trinajstić information content (AvgIpc) is 3.84. The zero-order chi connectivity index (χ0) is 34.2. The molecule has 18 atom stereocenters. The highest BCUT2D eigenvalue weighted by Gasteiger charge is 2.85. The summed E-state index contributed by atoms with van der Waals surface area (Å²) in [7, 11) is 0. The molecule has 11 heteroatoms. The van der Waals surface area contributed by atoms with Crippen LogP contribution in [0.3, 0.4) is 0 Å². The molecule has 11 nitrogen and oxygen atoms in total. The Balaban J connectivity index is 1.06. The summed E-state index contributed by atoms with van der Waals surface area (Å²) in [6.45, 7) is 14.9. The van der Waals surface area contributed by atoms with E-state index in [1.807, 2.05) is 6.92 Å². The van der Waals surface area contributed by atoms with E-state index in [0.29, 0.717) is 12.3 Å². The van der Waals surface area contributed by atoms with Gasteiger partial charge in [0.25, 0.3) is 0 Å². The summed E-state index contributed by atoms with van der Waals surface area (Å²) in [6, 6.07) is 0.